The number of nitriles is 1. The molecule has 2 unspecified atom stereocenters. The van der Waals surface area contributed by atoms with Gasteiger partial charge in [-0.1, -0.05) is 12.1 Å². The lowest BCUT2D eigenvalue weighted by Gasteiger charge is -2.22. The SMILES string of the molecule is CC(NC(=O)CN1C(=O)NC(C)(c2cccc(C#N)c2)C1=O)C1CC1. The van der Waals surface area contributed by atoms with E-state index in [1.165, 1.54) is 0 Å². The van der Waals surface area contributed by atoms with Crippen LogP contribution in [0.2, 0.25) is 0 Å². The topological polar surface area (TPSA) is 102 Å². The molecule has 0 spiro atoms. The minimum Gasteiger partial charge on any atom is -0.352 e. The van der Waals surface area contributed by atoms with Crippen molar-refractivity contribution in [1.29, 1.82) is 5.26 Å². The maximum absolute atomic E-state index is 12.8. The molecule has 2 aliphatic rings. The van der Waals surface area contributed by atoms with Crippen LogP contribution < -0.4 is 10.6 Å². The summed E-state index contributed by atoms with van der Waals surface area (Å²) in [6.45, 7) is 3.20. The van der Waals surface area contributed by atoms with Gasteiger partial charge < -0.3 is 10.6 Å². The Kier molecular flexibility index (Phi) is 4.21. The van der Waals surface area contributed by atoms with Gasteiger partial charge >= 0.3 is 6.03 Å². The van der Waals surface area contributed by atoms with E-state index in [9.17, 15) is 14.4 Å². The third kappa shape index (κ3) is 3.20. The van der Waals surface area contributed by atoms with Gasteiger partial charge in [0.1, 0.15) is 12.1 Å². The smallest absolute Gasteiger partial charge is 0.325 e. The predicted octanol–water partition coefficient (Wildman–Crippen LogP) is 1.24. The first-order valence-electron chi connectivity index (χ1n) is 8.29. The van der Waals surface area contributed by atoms with Gasteiger partial charge in [-0.3, -0.25) is 14.5 Å². The summed E-state index contributed by atoms with van der Waals surface area (Å²) in [4.78, 5) is 38.1. The Morgan fingerprint density at radius 2 is 2.20 bits per heavy atom. The van der Waals surface area contributed by atoms with Crippen molar-refractivity contribution >= 4 is 17.8 Å². The zero-order valence-corrected chi connectivity index (χ0v) is 14.2. The molecule has 2 fully saturated rings. The Hall–Kier alpha value is -2.88. The maximum atomic E-state index is 12.8. The van der Waals surface area contributed by atoms with E-state index >= 15 is 0 Å². The van der Waals surface area contributed by atoms with Crippen LogP contribution in [-0.2, 0) is 15.1 Å². The molecule has 7 heteroatoms. The van der Waals surface area contributed by atoms with Crippen LogP contribution in [0.1, 0.15) is 37.8 Å². The highest BCUT2D eigenvalue weighted by molar-refractivity contribution is 6.09. The standard InChI is InChI=1S/C18H20N4O3/c1-11(13-6-7-13)20-15(23)10-22-16(24)18(2,21-17(22)25)14-5-3-4-12(8-14)9-19/h3-5,8,11,13H,6-7,10H2,1-2H3,(H,20,23)(H,21,25). The highest BCUT2D eigenvalue weighted by Crippen LogP contribution is 2.32. The molecule has 1 heterocycles. The van der Waals surface area contributed by atoms with Crippen LogP contribution in [0.25, 0.3) is 0 Å². The van der Waals surface area contributed by atoms with Gasteiger partial charge in [0.05, 0.1) is 11.6 Å². The van der Waals surface area contributed by atoms with Crippen LogP contribution in [0.3, 0.4) is 0 Å². The molecular formula is C18H20N4O3. The Bertz CT molecular complexity index is 781. The molecule has 4 amide bonds. The van der Waals surface area contributed by atoms with Gasteiger partial charge in [0.25, 0.3) is 5.91 Å². The number of hydrogen-bond donors (Lipinski definition) is 2. The van der Waals surface area contributed by atoms with Crippen LogP contribution in [0.5, 0.6) is 0 Å². The molecule has 1 aliphatic heterocycles. The summed E-state index contributed by atoms with van der Waals surface area (Å²) < 4.78 is 0. The van der Waals surface area contributed by atoms with Crippen molar-refractivity contribution in [3.63, 3.8) is 0 Å². The second-order valence-corrected chi connectivity index (χ2v) is 6.83. The lowest BCUT2D eigenvalue weighted by atomic mass is 9.91. The van der Waals surface area contributed by atoms with Gasteiger partial charge in [-0.25, -0.2) is 4.79 Å². The molecule has 1 saturated heterocycles. The number of imide groups is 1. The zero-order valence-electron chi connectivity index (χ0n) is 14.2. The van der Waals surface area contributed by atoms with Gasteiger partial charge in [0.2, 0.25) is 5.91 Å². The lowest BCUT2D eigenvalue weighted by molar-refractivity contribution is -0.135. The quantitative estimate of drug-likeness (QED) is 0.787. The number of amides is 4. The molecule has 1 saturated carbocycles. The first-order chi connectivity index (χ1) is 11.8. The molecule has 3 rings (SSSR count). The summed E-state index contributed by atoms with van der Waals surface area (Å²) in [5.74, 6) is -0.356. The molecule has 0 radical (unpaired) electrons. The largest absolute Gasteiger partial charge is 0.352 e. The number of carbonyl (C=O) groups is 3. The summed E-state index contributed by atoms with van der Waals surface area (Å²) in [6.07, 6.45) is 2.19. The Labute approximate surface area is 146 Å². The minimum atomic E-state index is -1.29. The Morgan fingerprint density at radius 1 is 1.48 bits per heavy atom. The van der Waals surface area contributed by atoms with E-state index in [2.05, 4.69) is 10.6 Å². The fourth-order valence-corrected chi connectivity index (χ4v) is 3.09. The van der Waals surface area contributed by atoms with Gasteiger partial charge in [0, 0.05) is 6.04 Å². The summed E-state index contributed by atoms with van der Waals surface area (Å²) in [5, 5.41) is 14.5. The third-order valence-corrected chi connectivity index (χ3v) is 4.86. The monoisotopic (exact) mass is 340 g/mol. The normalized spacial score (nSPS) is 23.8. The van der Waals surface area contributed by atoms with Crippen LogP contribution in [0.4, 0.5) is 4.79 Å². The van der Waals surface area contributed by atoms with Crippen LogP contribution in [0.15, 0.2) is 24.3 Å². The van der Waals surface area contributed by atoms with E-state index in [0.29, 0.717) is 17.0 Å². The predicted molar refractivity (Wildman–Crippen MR) is 89.1 cm³/mol. The van der Waals surface area contributed by atoms with E-state index in [-0.39, 0.29) is 18.5 Å². The second-order valence-electron chi connectivity index (χ2n) is 6.83. The molecule has 25 heavy (non-hydrogen) atoms. The molecule has 0 bridgehead atoms. The molecule has 1 aliphatic carbocycles. The van der Waals surface area contributed by atoms with Gasteiger partial charge in [-0.2, -0.15) is 5.26 Å². The highest BCUT2D eigenvalue weighted by atomic mass is 16.2. The number of rotatable bonds is 5. The number of nitrogens with one attached hydrogen (secondary N) is 2. The van der Waals surface area contributed by atoms with Gasteiger partial charge in [0.15, 0.2) is 0 Å². The summed E-state index contributed by atoms with van der Waals surface area (Å²) >= 11 is 0. The Morgan fingerprint density at radius 3 is 2.84 bits per heavy atom. The zero-order chi connectivity index (χ0) is 18.2. The molecule has 0 aromatic heterocycles. The van der Waals surface area contributed by atoms with Crippen molar-refractivity contribution in [2.24, 2.45) is 5.92 Å². The van der Waals surface area contributed by atoms with E-state index in [1.807, 2.05) is 13.0 Å². The highest BCUT2D eigenvalue weighted by Gasteiger charge is 2.49. The first kappa shape index (κ1) is 17.0. The summed E-state index contributed by atoms with van der Waals surface area (Å²) in [6, 6.07) is 7.98. The van der Waals surface area contributed by atoms with Crippen molar-refractivity contribution in [2.75, 3.05) is 6.54 Å². The van der Waals surface area contributed by atoms with Gasteiger partial charge in [-0.05, 0) is 50.3 Å². The van der Waals surface area contributed by atoms with E-state index in [1.54, 1.807) is 31.2 Å². The maximum Gasteiger partial charge on any atom is 0.325 e. The number of nitrogens with zero attached hydrogens (tertiary/aromatic N) is 2. The molecule has 1 aromatic rings. The average molecular weight is 340 g/mol. The summed E-state index contributed by atoms with van der Waals surface area (Å²) in [5.41, 5.74) is -0.374. The van der Waals surface area contributed by atoms with Crippen LogP contribution in [0, 0.1) is 17.2 Å². The van der Waals surface area contributed by atoms with E-state index in [0.717, 1.165) is 17.7 Å². The van der Waals surface area contributed by atoms with Crippen LogP contribution in [-0.4, -0.2) is 35.3 Å². The van der Waals surface area contributed by atoms with Crippen molar-refractivity contribution in [1.82, 2.24) is 15.5 Å². The van der Waals surface area contributed by atoms with Crippen molar-refractivity contribution in [2.45, 2.75) is 38.3 Å². The number of carbonyl (C=O) groups excluding carboxylic acids is 3. The lowest BCUT2D eigenvalue weighted by Crippen LogP contribution is -2.45. The molecule has 130 valence electrons. The molecule has 1 aromatic carbocycles. The summed E-state index contributed by atoms with van der Waals surface area (Å²) in [7, 11) is 0. The fraction of sp³-hybridized carbons (Fsp3) is 0.444. The molecule has 2 atom stereocenters. The first-order valence-corrected chi connectivity index (χ1v) is 8.29. The Balaban J connectivity index is 1.74. The second kappa shape index (κ2) is 6.20. The average Bonchev–Trinajstić information content (AvgIpc) is 3.41. The number of benzene rings is 1. The molecular weight excluding hydrogens is 320 g/mol. The number of hydrogen-bond acceptors (Lipinski definition) is 4. The minimum absolute atomic E-state index is 0.0481. The van der Waals surface area contributed by atoms with Crippen molar-refractivity contribution in [3.05, 3.63) is 35.4 Å². The van der Waals surface area contributed by atoms with Crippen LogP contribution >= 0.6 is 0 Å². The number of urea groups is 1. The van der Waals surface area contributed by atoms with E-state index in [4.69, 9.17) is 5.26 Å². The van der Waals surface area contributed by atoms with E-state index < -0.39 is 17.5 Å². The molecule has 7 nitrogen and oxygen atoms in total. The van der Waals surface area contributed by atoms with Crippen molar-refractivity contribution in [3.8, 4) is 6.07 Å². The molecule has 2 N–H and O–H groups in total. The van der Waals surface area contributed by atoms with Gasteiger partial charge in [-0.15, -0.1) is 0 Å². The fourth-order valence-electron chi connectivity index (χ4n) is 3.09. The third-order valence-electron chi connectivity index (χ3n) is 4.86. The van der Waals surface area contributed by atoms with Crippen molar-refractivity contribution < 1.29 is 14.4 Å².